The van der Waals surface area contributed by atoms with E-state index < -0.39 is 6.04 Å². The molecule has 11 nitrogen and oxygen atoms in total. The number of carbonyl (C=O) groups excluding carboxylic acids is 2. The van der Waals surface area contributed by atoms with E-state index in [9.17, 15) is 9.59 Å². The van der Waals surface area contributed by atoms with E-state index in [0.717, 1.165) is 106 Å². The first-order valence-electron chi connectivity index (χ1n) is 17.3. The highest BCUT2D eigenvalue weighted by molar-refractivity contribution is 7.38. The Kier molecular flexibility index (Phi) is 55.3. The molecule has 44 heavy (non-hydrogen) atoms. The molecule has 0 aromatic rings. The number of carbonyl (C=O) groups is 2. The number of unbranched alkanes of at least 4 members (excludes halogenated alkanes) is 1. The third-order valence-electron chi connectivity index (χ3n) is 5.65. The SMILES string of the molecule is CC.CCC.CCCNCC.CN=CCNCCCCC(C=O)NC(=O)CN1CCNCCPCCNCC1.CNCCN. The van der Waals surface area contributed by atoms with Crippen molar-refractivity contribution in [3.05, 3.63) is 0 Å². The molecule has 0 aliphatic carbocycles. The summed E-state index contributed by atoms with van der Waals surface area (Å²) in [7, 11) is 4.65. The number of nitrogens with two attached hydrogens (primary N) is 1. The Morgan fingerprint density at radius 1 is 0.977 bits per heavy atom. The van der Waals surface area contributed by atoms with Crippen molar-refractivity contribution in [2.45, 2.75) is 79.7 Å². The van der Waals surface area contributed by atoms with E-state index in [-0.39, 0.29) is 5.91 Å². The topological polar surface area (TPSA) is 148 Å². The number of likely N-dealkylation sites (N-methyl/N-ethyl adjacent to an activating group) is 1. The predicted octanol–water partition coefficient (Wildman–Crippen LogP) is 1.92. The van der Waals surface area contributed by atoms with Crippen molar-refractivity contribution in [1.82, 2.24) is 36.8 Å². The fraction of sp³-hybridized carbons (Fsp3) is 0.906. The van der Waals surface area contributed by atoms with Crippen LogP contribution in [-0.4, -0.2) is 141 Å². The minimum atomic E-state index is -0.394. The van der Waals surface area contributed by atoms with Crippen LogP contribution in [0.4, 0.5) is 0 Å². The lowest BCUT2D eigenvalue weighted by Crippen LogP contribution is -2.46. The summed E-state index contributed by atoms with van der Waals surface area (Å²) >= 11 is 0. The Labute approximate surface area is 275 Å². The summed E-state index contributed by atoms with van der Waals surface area (Å²) in [5.74, 6) is -0.0667. The zero-order chi connectivity index (χ0) is 33.9. The van der Waals surface area contributed by atoms with Gasteiger partial charge in [0, 0.05) is 59.1 Å². The van der Waals surface area contributed by atoms with E-state index in [4.69, 9.17) is 5.73 Å². The number of amides is 1. The van der Waals surface area contributed by atoms with E-state index in [1.54, 1.807) is 7.05 Å². The molecule has 0 bridgehead atoms. The monoisotopic (exact) mass is 650 g/mol. The highest BCUT2D eigenvalue weighted by atomic mass is 31.1. The van der Waals surface area contributed by atoms with Gasteiger partial charge in [0.2, 0.25) is 5.91 Å². The van der Waals surface area contributed by atoms with Crippen molar-refractivity contribution in [2.24, 2.45) is 10.7 Å². The summed E-state index contributed by atoms with van der Waals surface area (Å²) in [6.07, 6.45) is 10.2. The maximum Gasteiger partial charge on any atom is 0.234 e. The Morgan fingerprint density at radius 2 is 1.59 bits per heavy atom. The molecule has 1 fully saturated rings. The minimum absolute atomic E-state index is 0.0667. The van der Waals surface area contributed by atoms with Crippen LogP contribution in [0.1, 0.15) is 73.6 Å². The standard InChI is InChI=1S/C19H39N6O2P.C5H13N.C3H10N2.C3H8.C2H6/c1-20-6-7-21-5-3-2-4-18(17-26)24-19(27)16-25-12-8-22-10-14-28-15-11-23-9-13-25;1-3-5-6-4-2;1-5-3-2-4;1-3-2;1-2/h6,17-18,21-23,28H,2-5,7-16H2,1H3,(H,24,27);6H,3-5H2,1-2H3;5H,2-4H2,1H3;3H2,1-2H3;1-2H3. The van der Waals surface area contributed by atoms with Gasteiger partial charge < -0.3 is 42.4 Å². The van der Waals surface area contributed by atoms with E-state index in [2.05, 4.69) is 69.5 Å². The molecule has 8 N–H and O–H groups in total. The first-order valence-corrected chi connectivity index (χ1v) is 18.7. The fourth-order valence-electron chi connectivity index (χ4n) is 3.47. The predicted molar refractivity (Wildman–Crippen MR) is 198 cm³/mol. The largest absolute Gasteiger partial charge is 0.345 e. The molecule has 0 aromatic carbocycles. The van der Waals surface area contributed by atoms with Gasteiger partial charge in [-0.1, -0.05) is 48.0 Å². The fourth-order valence-corrected chi connectivity index (χ4v) is 4.43. The van der Waals surface area contributed by atoms with Gasteiger partial charge in [0.1, 0.15) is 6.29 Å². The van der Waals surface area contributed by atoms with Crippen molar-refractivity contribution < 1.29 is 9.59 Å². The number of nitrogens with zero attached hydrogens (tertiary/aromatic N) is 2. The molecule has 1 unspecified atom stereocenters. The second kappa shape index (κ2) is 48.9. The second-order valence-electron chi connectivity index (χ2n) is 9.93. The molecule has 12 heteroatoms. The smallest absolute Gasteiger partial charge is 0.234 e. The van der Waals surface area contributed by atoms with Gasteiger partial charge in [-0.05, 0) is 77.8 Å². The molecule has 1 aliphatic rings. The third kappa shape index (κ3) is 47.9. The normalized spacial score (nSPS) is 14.8. The van der Waals surface area contributed by atoms with Crippen molar-refractivity contribution >= 4 is 27.0 Å². The highest BCUT2D eigenvalue weighted by Crippen LogP contribution is 2.06. The zero-order valence-corrected chi connectivity index (χ0v) is 31.2. The Hall–Kier alpha value is -1.04. The van der Waals surface area contributed by atoms with Gasteiger partial charge in [0.25, 0.3) is 0 Å². The molecule has 1 amide bonds. The summed E-state index contributed by atoms with van der Waals surface area (Å²) in [5, 5.41) is 19.1. The number of aliphatic imine (C=N–C) groups is 1. The van der Waals surface area contributed by atoms with Crippen LogP contribution < -0.4 is 37.6 Å². The molecule has 1 atom stereocenters. The van der Waals surface area contributed by atoms with Crippen LogP contribution in [0.15, 0.2) is 4.99 Å². The molecule has 0 radical (unpaired) electrons. The van der Waals surface area contributed by atoms with Gasteiger partial charge in [0.05, 0.1) is 12.6 Å². The van der Waals surface area contributed by atoms with Crippen LogP contribution in [-0.2, 0) is 9.59 Å². The number of aldehydes is 1. The lowest BCUT2D eigenvalue weighted by atomic mass is 10.1. The van der Waals surface area contributed by atoms with Crippen LogP contribution in [0.2, 0.25) is 0 Å². The van der Waals surface area contributed by atoms with Crippen LogP contribution in [0.5, 0.6) is 0 Å². The van der Waals surface area contributed by atoms with Crippen LogP contribution >= 0.6 is 8.58 Å². The van der Waals surface area contributed by atoms with Gasteiger partial charge in [-0.3, -0.25) is 14.7 Å². The molecule has 1 aliphatic heterocycles. The Balaban J connectivity index is -0.000000411. The molecule has 1 saturated heterocycles. The number of hydrogen-bond acceptors (Lipinski definition) is 10. The first-order chi connectivity index (χ1) is 21.5. The average Bonchev–Trinajstić information content (AvgIpc) is 3.02. The first kappa shape index (κ1) is 49.8. The molecule has 1 heterocycles. The van der Waals surface area contributed by atoms with Gasteiger partial charge in [-0.2, -0.15) is 0 Å². The number of rotatable bonds is 16. The van der Waals surface area contributed by atoms with E-state index in [1.807, 2.05) is 27.1 Å². The third-order valence-corrected chi connectivity index (χ3v) is 6.86. The zero-order valence-electron chi connectivity index (χ0n) is 30.2. The minimum Gasteiger partial charge on any atom is -0.345 e. The highest BCUT2D eigenvalue weighted by Gasteiger charge is 2.15. The molecular formula is C32H76N9O2P. The second-order valence-corrected chi connectivity index (χ2v) is 11.4. The lowest BCUT2D eigenvalue weighted by molar-refractivity contribution is -0.125. The van der Waals surface area contributed by atoms with Crippen molar-refractivity contribution in [2.75, 3.05) is 112 Å². The van der Waals surface area contributed by atoms with Crippen molar-refractivity contribution in [1.29, 1.82) is 0 Å². The summed E-state index contributed by atoms with van der Waals surface area (Å²) in [6.45, 7) is 24.0. The Bertz CT molecular complexity index is 544. The molecular weight excluding hydrogens is 573 g/mol. The average molecular weight is 650 g/mol. The number of hydrogen-bond donors (Lipinski definition) is 7. The van der Waals surface area contributed by atoms with E-state index in [0.29, 0.717) is 13.0 Å². The Morgan fingerprint density at radius 3 is 2.02 bits per heavy atom. The molecule has 1 rings (SSSR count). The maximum atomic E-state index is 12.4. The summed E-state index contributed by atoms with van der Waals surface area (Å²) in [5.41, 5.74) is 5.08. The summed E-state index contributed by atoms with van der Waals surface area (Å²) in [4.78, 5) is 29.8. The molecule has 0 spiro atoms. The van der Waals surface area contributed by atoms with E-state index in [1.165, 1.54) is 25.2 Å². The molecule has 266 valence electrons. The van der Waals surface area contributed by atoms with Crippen molar-refractivity contribution in [3.8, 4) is 0 Å². The van der Waals surface area contributed by atoms with Gasteiger partial charge in [-0.25, -0.2) is 0 Å². The van der Waals surface area contributed by atoms with Crippen LogP contribution in [0.3, 0.4) is 0 Å². The van der Waals surface area contributed by atoms with Crippen LogP contribution in [0.25, 0.3) is 0 Å². The molecule has 0 saturated carbocycles. The number of nitrogens with one attached hydrogen (secondary N) is 6. The lowest BCUT2D eigenvalue weighted by Gasteiger charge is -2.24. The molecule has 0 aromatic heterocycles. The quantitative estimate of drug-likeness (QED) is 0.0577. The van der Waals surface area contributed by atoms with E-state index >= 15 is 0 Å². The van der Waals surface area contributed by atoms with Gasteiger partial charge in [-0.15, -0.1) is 8.58 Å². The van der Waals surface area contributed by atoms with Gasteiger partial charge >= 0.3 is 0 Å². The maximum absolute atomic E-state index is 12.4. The summed E-state index contributed by atoms with van der Waals surface area (Å²) < 4.78 is 0. The van der Waals surface area contributed by atoms with Crippen molar-refractivity contribution in [3.63, 3.8) is 0 Å². The van der Waals surface area contributed by atoms with Gasteiger partial charge in [0.15, 0.2) is 0 Å². The summed E-state index contributed by atoms with van der Waals surface area (Å²) in [6, 6.07) is -0.394. The van der Waals surface area contributed by atoms with Crippen LogP contribution in [0, 0.1) is 0 Å².